The van der Waals surface area contributed by atoms with Crippen LogP contribution in [0.5, 0.6) is 0 Å². The molecule has 23 heavy (non-hydrogen) atoms. The number of carbonyl (C=O) groups is 1. The van der Waals surface area contributed by atoms with Gasteiger partial charge in [-0.25, -0.2) is 0 Å². The molecule has 0 spiro atoms. The van der Waals surface area contributed by atoms with Crippen LogP contribution in [0.25, 0.3) is 11.1 Å². The Bertz CT molecular complexity index is 726. The topological polar surface area (TPSA) is 56.0 Å². The van der Waals surface area contributed by atoms with Gasteiger partial charge in [-0.2, -0.15) is 0 Å². The van der Waals surface area contributed by atoms with E-state index >= 15 is 0 Å². The summed E-state index contributed by atoms with van der Waals surface area (Å²) >= 11 is 0. The van der Waals surface area contributed by atoms with Crippen LogP contribution in [0, 0.1) is 23.7 Å². The van der Waals surface area contributed by atoms with Crippen LogP contribution in [0.15, 0.2) is 48.8 Å². The van der Waals surface area contributed by atoms with Crippen LogP contribution in [0.3, 0.4) is 0 Å². The maximum Gasteiger partial charge on any atom is 0.221 e. The third-order valence-electron chi connectivity index (χ3n) is 4.43. The fourth-order valence-electron chi connectivity index (χ4n) is 3.11. The molecule has 3 rings (SSSR count). The summed E-state index contributed by atoms with van der Waals surface area (Å²) in [6.45, 7) is 0. The van der Waals surface area contributed by atoms with Gasteiger partial charge in [0.25, 0.3) is 0 Å². The van der Waals surface area contributed by atoms with Crippen molar-refractivity contribution in [3.8, 4) is 23.0 Å². The fourth-order valence-corrected chi connectivity index (χ4v) is 3.11. The highest BCUT2D eigenvalue weighted by atomic mass is 16.1. The quantitative estimate of drug-likeness (QED) is 0.865. The molecule has 0 radical (unpaired) electrons. The maximum atomic E-state index is 11.5. The summed E-state index contributed by atoms with van der Waals surface area (Å²) in [7, 11) is 0. The van der Waals surface area contributed by atoms with Crippen molar-refractivity contribution in [1.29, 1.82) is 0 Å². The largest absolute Gasteiger partial charge is 0.369 e. The summed E-state index contributed by atoms with van der Waals surface area (Å²) in [6.07, 6.45) is 7.62. The molecule has 0 bridgehead atoms. The zero-order chi connectivity index (χ0) is 16.1. The van der Waals surface area contributed by atoms with Crippen molar-refractivity contribution in [1.82, 2.24) is 4.98 Å². The first kappa shape index (κ1) is 15.3. The molecule has 1 heterocycles. The van der Waals surface area contributed by atoms with Crippen LogP contribution in [-0.4, -0.2) is 10.9 Å². The van der Waals surface area contributed by atoms with Crippen molar-refractivity contribution in [2.24, 2.45) is 17.6 Å². The summed E-state index contributed by atoms with van der Waals surface area (Å²) in [6, 6.07) is 12.1. The van der Waals surface area contributed by atoms with E-state index in [2.05, 4.69) is 29.0 Å². The zero-order valence-electron chi connectivity index (χ0n) is 13.0. The molecule has 1 saturated carbocycles. The third-order valence-corrected chi connectivity index (χ3v) is 4.43. The van der Waals surface area contributed by atoms with E-state index in [4.69, 9.17) is 5.73 Å². The number of hydrogen-bond acceptors (Lipinski definition) is 2. The molecule has 2 unspecified atom stereocenters. The van der Waals surface area contributed by atoms with Crippen molar-refractivity contribution in [3.63, 3.8) is 0 Å². The Kier molecular flexibility index (Phi) is 4.73. The number of hydrogen-bond donors (Lipinski definition) is 1. The molecule has 2 atom stereocenters. The average Bonchev–Trinajstić information content (AvgIpc) is 2.61. The lowest BCUT2D eigenvalue weighted by Crippen LogP contribution is -2.31. The highest BCUT2D eigenvalue weighted by Gasteiger charge is 2.27. The highest BCUT2D eigenvalue weighted by Crippen LogP contribution is 2.29. The lowest BCUT2D eigenvalue weighted by atomic mass is 9.79. The molecule has 1 fully saturated rings. The Labute approximate surface area is 136 Å². The molecule has 1 aromatic carbocycles. The van der Waals surface area contributed by atoms with E-state index in [0.717, 1.165) is 42.4 Å². The first-order chi connectivity index (χ1) is 11.2. The summed E-state index contributed by atoms with van der Waals surface area (Å²) in [5.41, 5.74) is 8.75. The van der Waals surface area contributed by atoms with Crippen LogP contribution < -0.4 is 5.73 Å². The van der Waals surface area contributed by atoms with Crippen molar-refractivity contribution in [2.45, 2.75) is 25.7 Å². The maximum absolute atomic E-state index is 11.5. The number of benzene rings is 1. The predicted octanol–water partition coefficient (Wildman–Crippen LogP) is 3.39. The summed E-state index contributed by atoms with van der Waals surface area (Å²) in [5, 5.41) is 0. The minimum atomic E-state index is -0.211. The predicted molar refractivity (Wildman–Crippen MR) is 91.2 cm³/mol. The first-order valence-corrected chi connectivity index (χ1v) is 8.05. The molecule has 0 saturated heterocycles. The van der Waals surface area contributed by atoms with E-state index in [1.807, 2.05) is 24.3 Å². The third kappa shape index (κ3) is 3.78. The van der Waals surface area contributed by atoms with Gasteiger partial charge in [0.05, 0.1) is 5.92 Å². The van der Waals surface area contributed by atoms with Crippen molar-refractivity contribution in [2.75, 3.05) is 0 Å². The van der Waals surface area contributed by atoms with Crippen LogP contribution in [0.1, 0.15) is 31.2 Å². The molecule has 1 aliphatic rings. The van der Waals surface area contributed by atoms with Crippen molar-refractivity contribution >= 4 is 5.91 Å². The summed E-state index contributed by atoms with van der Waals surface area (Å²) in [5.74, 6) is 6.27. The molecular weight excluding hydrogens is 284 g/mol. The van der Waals surface area contributed by atoms with Crippen LogP contribution in [-0.2, 0) is 4.79 Å². The van der Waals surface area contributed by atoms with Gasteiger partial charge in [0.1, 0.15) is 0 Å². The van der Waals surface area contributed by atoms with Gasteiger partial charge in [-0.15, -0.1) is 0 Å². The molecular formula is C20H20N2O. The minimum absolute atomic E-state index is 0.0904. The van der Waals surface area contributed by atoms with E-state index in [9.17, 15) is 4.79 Å². The van der Waals surface area contributed by atoms with Gasteiger partial charge in [-0.05, 0) is 48.2 Å². The average molecular weight is 304 g/mol. The lowest BCUT2D eigenvalue weighted by Gasteiger charge is -2.24. The number of amides is 1. The van der Waals surface area contributed by atoms with E-state index in [0.29, 0.717) is 0 Å². The van der Waals surface area contributed by atoms with E-state index < -0.39 is 0 Å². The van der Waals surface area contributed by atoms with Gasteiger partial charge in [0.2, 0.25) is 5.91 Å². The zero-order valence-corrected chi connectivity index (χ0v) is 13.0. The van der Waals surface area contributed by atoms with E-state index in [-0.39, 0.29) is 17.7 Å². The Balaban J connectivity index is 1.75. The molecule has 116 valence electrons. The Morgan fingerprint density at radius 1 is 1.00 bits per heavy atom. The normalized spacial score (nSPS) is 20.3. The molecule has 1 aliphatic carbocycles. The second kappa shape index (κ2) is 7.11. The van der Waals surface area contributed by atoms with Crippen LogP contribution in [0.2, 0.25) is 0 Å². The van der Waals surface area contributed by atoms with Gasteiger partial charge in [0, 0.05) is 23.9 Å². The minimum Gasteiger partial charge on any atom is -0.369 e. The van der Waals surface area contributed by atoms with Crippen molar-refractivity contribution in [3.05, 3.63) is 54.4 Å². The smallest absolute Gasteiger partial charge is 0.221 e. The standard InChI is InChI=1S/C20H20N2O/c21-20(23)19-4-2-1-3-18(19)10-7-15-5-8-16(9-6-15)17-11-13-22-14-12-17/h5-6,8-9,11-14,18-19H,1-4H2,(H2,21,23). The number of nitrogens with zero attached hydrogens (tertiary/aromatic N) is 1. The Morgan fingerprint density at radius 3 is 2.35 bits per heavy atom. The molecule has 3 heteroatoms. The number of nitrogens with two attached hydrogens (primary N) is 1. The molecule has 1 aromatic heterocycles. The molecule has 1 amide bonds. The summed E-state index contributed by atoms with van der Waals surface area (Å²) in [4.78, 5) is 15.6. The van der Waals surface area contributed by atoms with Crippen molar-refractivity contribution < 1.29 is 4.79 Å². The molecule has 2 aromatic rings. The Hall–Kier alpha value is -2.60. The number of primary amides is 1. The van der Waals surface area contributed by atoms with Gasteiger partial charge in [-0.1, -0.05) is 36.8 Å². The lowest BCUT2D eigenvalue weighted by molar-refractivity contribution is -0.123. The van der Waals surface area contributed by atoms with Gasteiger partial charge in [0.15, 0.2) is 0 Å². The SMILES string of the molecule is NC(=O)C1CCCCC1C#Cc1ccc(-c2ccncc2)cc1. The van der Waals surface area contributed by atoms with Gasteiger partial charge in [-0.3, -0.25) is 9.78 Å². The van der Waals surface area contributed by atoms with Crippen LogP contribution >= 0.6 is 0 Å². The highest BCUT2D eigenvalue weighted by molar-refractivity contribution is 5.77. The second-order valence-corrected chi connectivity index (χ2v) is 5.98. The molecule has 0 aliphatic heterocycles. The van der Waals surface area contributed by atoms with E-state index in [1.54, 1.807) is 12.4 Å². The number of carbonyl (C=O) groups excluding carboxylic acids is 1. The number of rotatable bonds is 2. The molecule has 2 N–H and O–H groups in total. The van der Waals surface area contributed by atoms with E-state index in [1.165, 1.54) is 0 Å². The van der Waals surface area contributed by atoms with Gasteiger partial charge >= 0.3 is 0 Å². The monoisotopic (exact) mass is 304 g/mol. The Morgan fingerprint density at radius 2 is 1.65 bits per heavy atom. The first-order valence-electron chi connectivity index (χ1n) is 8.05. The van der Waals surface area contributed by atoms with Crippen LogP contribution in [0.4, 0.5) is 0 Å². The molecule has 3 nitrogen and oxygen atoms in total. The van der Waals surface area contributed by atoms with Gasteiger partial charge < -0.3 is 5.73 Å². The second-order valence-electron chi connectivity index (χ2n) is 5.98. The number of aromatic nitrogens is 1. The number of pyridine rings is 1. The summed E-state index contributed by atoms with van der Waals surface area (Å²) < 4.78 is 0. The fraction of sp³-hybridized carbons (Fsp3) is 0.300.